The van der Waals surface area contributed by atoms with Crippen LogP contribution in [0.3, 0.4) is 0 Å². The van der Waals surface area contributed by atoms with E-state index in [0.29, 0.717) is 5.69 Å². The molecular formula is C13H17N3O3. The highest BCUT2D eigenvalue weighted by Crippen LogP contribution is 2.21. The second kappa shape index (κ2) is 5.69. The minimum atomic E-state index is -1.06. The molecule has 1 aliphatic rings. The predicted octanol–water partition coefficient (Wildman–Crippen LogP) is 2.19. The molecule has 6 nitrogen and oxygen atoms in total. The molecule has 1 atom stereocenters. The number of nitrogens with one attached hydrogen (secondary N) is 1. The maximum atomic E-state index is 12.1. The highest BCUT2D eigenvalue weighted by Gasteiger charge is 2.27. The molecule has 19 heavy (non-hydrogen) atoms. The summed E-state index contributed by atoms with van der Waals surface area (Å²) >= 11 is 0. The lowest BCUT2D eigenvalue weighted by Crippen LogP contribution is -2.38. The molecule has 1 aliphatic heterocycles. The SMILES string of the molecule is CCC1CCCN1C(=O)Nc1cncc(C(=O)O)c1. The molecule has 1 aromatic rings. The Labute approximate surface area is 111 Å². The molecule has 0 aromatic carbocycles. The van der Waals surface area contributed by atoms with Gasteiger partial charge < -0.3 is 15.3 Å². The second-order valence-electron chi connectivity index (χ2n) is 4.60. The highest BCUT2D eigenvalue weighted by molar-refractivity contribution is 5.92. The molecule has 2 heterocycles. The molecule has 0 radical (unpaired) electrons. The van der Waals surface area contributed by atoms with Crippen LogP contribution in [0.15, 0.2) is 18.5 Å². The molecule has 2 amide bonds. The van der Waals surface area contributed by atoms with Gasteiger partial charge in [0.15, 0.2) is 0 Å². The van der Waals surface area contributed by atoms with Gasteiger partial charge in [0, 0.05) is 18.8 Å². The topological polar surface area (TPSA) is 82.5 Å². The number of likely N-dealkylation sites (tertiary alicyclic amines) is 1. The molecule has 2 rings (SSSR count). The van der Waals surface area contributed by atoms with Crippen LogP contribution in [0, 0.1) is 0 Å². The van der Waals surface area contributed by atoms with Crippen LogP contribution in [0.5, 0.6) is 0 Å². The highest BCUT2D eigenvalue weighted by atomic mass is 16.4. The maximum absolute atomic E-state index is 12.1. The molecule has 6 heteroatoms. The first kappa shape index (κ1) is 13.3. The average molecular weight is 263 g/mol. The van der Waals surface area contributed by atoms with Crippen LogP contribution < -0.4 is 5.32 Å². The Hall–Kier alpha value is -2.11. The molecule has 1 unspecified atom stereocenters. The Balaban J connectivity index is 2.06. The number of aromatic nitrogens is 1. The van der Waals surface area contributed by atoms with Crippen molar-refractivity contribution in [2.45, 2.75) is 32.2 Å². The predicted molar refractivity (Wildman–Crippen MR) is 70.2 cm³/mol. The van der Waals surface area contributed by atoms with E-state index in [2.05, 4.69) is 17.2 Å². The largest absolute Gasteiger partial charge is 0.478 e. The van der Waals surface area contributed by atoms with Crippen molar-refractivity contribution < 1.29 is 14.7 Å². The van der Waals surface area contributed by atoms with Crippen molar-refractivity contribution in [1.82, 2.24) is 9.88 Å². The Morgan fingerprint density at radius 1 is 1.53 bits per heavy atom. The zero-order chi connectivity index (χ0) is 13.8. The first-order valence-corrected chi connectivity index (χ1v) is 6.37. The van der Waals surface area contributed by atoms with Crippen molar-refractivity contribution >= 4 is 17.7 Å². The molecule has 1 aromatic heterocycles. The molecule has 1 saturated heterocycles. The number of hydrogen-bond donors (Lipinski definition) is 2. The molecule has 2 N–H and O–H groups in total. The van der Waals surface area contributed by atoms with Gasteiger partial charge in [-0.15, -0.1) is 0 Å². The number of hydrogen-bond acceptors (Lipinski definition) is 3. The molecular weight excluding hydrogens is 246 g/mol. The van der Waals surface area contributed by atoms with Crippen molar-refractivity contribution in [2.75, 3.05) is 11.9 Å². The molecule has 0 aliphatic carbocycles. The summed E-state index contributed by atoms with van der Waals surface area (Å²) in [7, 11) is 0. The summed E-state index contributed by atoms with van der Waals surface area (Å²) in [5.74, 6) is -1.06. The maximum Gasteiger partial charge on any atom is 0.337 e. The van der Waals surface area contributed by atoms with Crippen LogP contribution in [0.25, 0.3) is 0 Å². The monoisotopic (exact) mass is 263 g/mol. The van der Waals surface area contributed by atoms with Crippen molar-refractivity contribution in [2.24, 2.45) is 0 Å². The number of anilines is 1. The number of nitrogens with zero attached hydrogens (tertiary/aromatic N) is 2. The Morgan fingerprint density at radius 2 is 2.32 bits per heavy atom. The number of rotatable bonds is 3. The molecule has 0 saturated carbocycles. The number of carbonyl (C=O) groups is 2. The number of urea groups is 1. The molecule has 102 valence electrons. The van der Waals surface area contributed by atoms with Crippen LogP contribution in [0.2, 0.25) is 0 Å². The minimum absolute atomic E-state index is 0.0614. The van der Waals surface area contributed by atoms with E-state index in [4.69, 9.17) is 5.11 Å². The van der Waals surface area contributed by atoms with E-state index in [1.54, 1.807) is 4.90 Å². The van der Waals surface area contributed by atoms with Gasteiger partial charge in [-0.1, -0.05) is 6.92 Å². The fraction of sp³-hybridized carbons (Fsp3) is 0.462. The van der Waals surface area contributed by atoms with Crippen molar-refractivity contribution in [3.05, 3.63) is 24.0 Å². The van der Waals surface area contributed by atoms with Crippen LogP contribution in [-0.4, -0.2) is 39.6 Å². The quantitative estimate of drug-likeness (QED) is 0.875. The molecule has 1 fully saturated rings. The smallest absolute Gasteiger partial charge is 0.337 e. The Kier molecular flexibility index (Phi) is 3.99. The summed E-state index contributed by atoms with van der Waals surface area (Å²) in [5.41, 5.74) is 0.470. The standard InChI is InChI=1S/C13H17N3O3/c1-2-11-4-3-5-16(11)13(19)15-10-6-9(12(17)18)7-14-8-10/h6-8,11H,2-5H2,1H3,(H,15,19)(H,17,18). The van der Waals surface area contributed by atoms with Crippen LogP contribution in [-0.2, 0) is 0 Å². The van der Waals surface area contributed by atoms with Gasteiger partial charge in [0.2, 0.25) is 0 Å². The number of carbonyl (C=O) groups excluding carboxylic acids is 1. The van der Waals surface area contributed by atoms with E-state index >= 15 is 0 Å². The zero-order valence-corrected chi connectivity index (χ0v) is 10.8. The van der Waals surface area contributed by atoms with Gasteiger partial charge in [-0.3, -0.25) is 4.98 Å². The summed E-state index contributed by atoms with van der Waals surface area (Å²) in [5, 5.41) is 11.6. The summed E-state index contributed by atoms with van der Waals surface area (Å²) < 4.78 is 0. The number of amides is 2. The van der Waals surface area contributed by atoms with E-state index in [0.717, 1.165) is 25.8 Å². The third kappa shape index (κ3) is 3.01. The van der Waals surface area contributed by atoms with Gasteiger partial charge in [-0.2, -0.15) is 0 Å². The van der Waals surface area contributed by atoms with Gasteiger partial charge in [-0.05, 0) is 25.3 Å². The minimum Gasteiger partial charge on any atom is -0.478 e. The Morgan fingerprint density at radius 3 is 3.00 bits per heavy atom. The normalized spacial score (nSPS) is 18.4. The van der Waals surface area contributed by atoms with Gasteiger partial charge in [0.25, 0.3) is 0 Å². The van der Waals surface area contributed by atoms with Crippen LogP contribution in [0.1, 0.15) is 36.5 Å². The fourth-order valence-corrected chi connectivity index (χ4v) is 2.35. The van der Waals surface area contributed by atoms with Gasteiger partial charge >= 0.3 is 12.0 Å². The Bertz CT molecular complexity index is 490. The summed E-state index contributed by atoms with van der Waals surface area (Å²) in [4.78, 5) is 28.5. The number of aromatic carboxylic acids is 1. The molecule has 0 spiro atoms. The second-order valence-corrected chi connectivity index (χ2v) is 4.60. The van der Waals surface area contributed by atoms with Gasteiger partial charge in [0.1, 0.15) is 0 Å². The van der Waals surface area contributed by atoms with Crippen LogP contribution in [0.4, 0.5) is 10.5 Å². The third-order valence-corrected chi connectivity index (χ3v) is 3.35. The van der Waals surface area contributed by atoms with Crippen LogP contribution >= 0.6 is 0 Å². The van der Waals surface area contributed by atoms with Gasteiger partial charge in [0.05, 0.1) is 17.4 Å². The van der Waals surface area contributed by atoms with Crippen molar-refractivity contribution in [1.29, 1.82) is 0 Å². The number of pyridine rings is 1. The lowest BCUT2D eigenvalue weighted by Gasteiger charge is -2.23. The van der Waals surface area contributed by atoms with E-state index < -0.39 is 5.97 Å². The number of carboxylic acids is 1. The first-order chi connectivity index (χ1) is 9.11. The number of carboxylic acid groups (broad SMARTS) is 1. The lowest BCUT2D eigenvalue weighted by molar-refractivity contribution is 0.0696. The van der Waals surface area contributed by atoms with Crippen molar-refractivity contribution in [3.8, 4) is 0 Å². The summed E-state index contributed by atoms with van der Waals surface area (Å²) in [6, 6.07) is 1.49. The van der Waals surface area contributed by atoms with E-state index in [9.17, 15) is 9.59 Å². The first-order valence-electron chi connectivity index (χ1n) is 6.37. The lowest BCUT2D eigenvalue weighted by atomic mass is 10.2. The summed E-state index contributed by atoms with van der Waals surface area (Å²) in [6.45, 7) is 2.80. The average Bonchev–Trinajstić information content (AvgIpc) is 2.87. The fourth-order valence-electron chi connectivity index (χ4n) is 2.35. The van der Waals surface area contributed by atoms with Gasteiger partial charge in [-0.25, -0.2) is 9.59 Å². The molecule has 0 bridgehead atoms. The van der Waals surface area contributed by atoms with E-state index in [1.807, 2.05) is 0 Å². The van der Waals surface area contributed by atoms with Crippen molar-refractivity contribution in [3.63, 3.8) is 0 Å². The van der Waals surface area contributed by atoms with E-state index in [1.165, 1.54) is 18.5 Å². The third-order valence-electron chi connectivity index (χ3n) is 3.35. The van der Waals surface area contributed by atoms with E-state index in [-0.39, 0.29) is 17.6 Å². The zero-order valence-electron chi connectivity index (χ0n) is 10.8. The summed E-state index contributed by atoms with van der Waals surface area (Å²) in [6.07, 6.45) is 5.67.